The Labute approximate surface area is 199 Å². The van der Waals surface area contributed by atoms with Crippen molar-refractivity contribution in [1.82, 2.24) is 5.32 Å². The van der Waals surface area contributed by atoms with Crippen molar-refractivity contribution in [3.63, 3.8) is 0 Å². The minimum absolute atomic E-state index is 0.00809. The highest BCUT2D eigenvalue weighted by molar-refractivity contribution is 7.80. The van der Waals surface area contributed by atoms with Gasteiger partial charge in [0.2, 0.25) is 0 Å². The number of nitrogens with zero attached hydrogens (tertiary/aromatic N) is 1. The van der Waals surface area contributed by atoms with E-state index < -0.39 is 11.8 Å². The molecule has 1 aromatic heterocycles. The quantitative estimate of drug-likeness (QED) is 0.300. The van der Waals surface area contributed by atoms with Gasteiger partial charge in [-0.05, 0) is 85.4 Å². The van der Waals surface area contributed by atoms with Gasteiger partial charge in [0.25, 0.3) is 11.8 Å². The second-order valence-corrected chi connectivity index (χ2v) is 8.17. The number of thiocarbonyl (C=S) groups is 1. The molecule has 1 saturated heterocycles. The van der Waals surface area contributed by atoms with Crippen molar-refractivity contribution in [1.29, 1.82) is 0 Å². The zero-order valence-electron chi connectivity index (χ0n) is 16.7. The van der Waals surface area contributed by atoms with Crippen LogP contribution >= 0.6 is 35.4 Å². The van der Waals surface area contributed by atoms with Crippen LogP contribution in [0, 0.1) is 6.92 Å². The van der Waals surface area contributed by atoms with Gasteiger partial charge in [-0.3, -0.25) is 19.8 Å². The Kier molecular flexibility index (Phi) is 6.32. The van der Waals surface area contributed by atoms with Crippen LogP contribution < -0.4 is 15.0 Å². The first-order valence-corrected chi connectivity index (χ1v) is 10.6. The fraction of sp³-hybridized carbons (Fsp3) is 0.0870. The van der Waals surface area contributed by atoms with Crippen LogP contribution in [0.4, 0.5) is 5.69 Å². The van der Waals surface area contributed by atoms with Crippen molar-refractivity contribution in [2.24, 2.45) is 0 Å². The number of carbonyl (C=O) groups excluding carboxylic acids is 2. The van der Waals surface area contributed by atoms with Crippen LogP contribution in [0.1, 0.15) is 17.1 Å². The summed E-state index contributed by atoms with van der Waals surface area (Å²) in [5, 5.41) is 3.69. The number of anilines is 1. The number of furan rings is 1. The first kappa shape index (κ1) is 22.1. The molecule has 2 heterocycles. The van der Waals surface area contributed by atoms with Crippen molar-refractivity contribution < 1.29 is 18.7 Å². The third-order valence-electron chi connectivity index (χ3n) is 4.67. The summed E-state index contributed by atoms with van der Waals surface area (Å²) < 4.78 is 11.4. The minimum Gasteiger partial charge on any atom is -0.486 e. The molecule has 2 amide bonds. The lowest BCUT2D eigenvalue weighted by atomic mass is 10.1. The van der Waals surface area contributed by atoms with E-state index in [1.807, 2.05) is 13.0 Å². The van der Waals surface area contributed by atoms with Crippen LogP contribution in [0.15, 0.2) is 64.6 Å². The average Bonchev–Trinajstić information content (AvgIpc) is 3.21. The number of carbonyl (C=O) groups is 2. The number of rotatable bonds is 5. The summed E-state index contributed by atoms with van der Waals surface area (Å²) in [4.78, 5) is 26.7. The van der Waals surface area contributed by atoms with Gasteiger partial charge < -0.3 is 9.15 Å². The molecule has 1 aliphatic rings. The molecule has 0 radical (unpaired) electrons. The molecule has 6 nitrogen and oxygen atoms in total. The Morgan fingerprint density at radius 1 is 1.09 bits per heavy atom. The molecule has 3 aromatic rings. The molecular formula is C23H16Cl2N2O4S. The van der Waals surface area contributed by atoms with Gasteiger partial charge in [0.15, 0.2) is 5.11 Å². The highest BCUT2D eigenvalue weighted by Gasteiger charge is 2.34. The summed E-state index contributed by atoms with van der Waals surface area (Å²) in [6, 6.07) is 15.3. The summed E-state index contributed by atoms with van der Waals surface area (Å²) in [5.41, 5.74) is 1.28. The van der Waals surface area contributed by atoms with Crippen molar-refractivity contribution in [3.8, 4) is 5.75 Å². The van der Waals surface area contributed by atoms with Crippen molar-refractivity contribution in [2.75, 3.05) is 4.90 Å². The summed E-state index contributed by atoms with van der Waals surface area (Å²) in [5.74, 6) is 0.344. The lowest BCUT2D eigenvalue weighted by Crippen LogP contribution is -2.54. The Bertz CT molecular complexity index is 1250. The smallest absolute Gasteiger partial charge is 0.270 e. The fourth-order valence-corrected chi connectivity index (χ4v) is 3.56. The summed E-state index contributed by atoms with van der Waals surface area (Å²) in [6.45, 7) is 2.06. The van der Waals surface area contributed by atoms with Crippen LogP contribution in [0.3, 0.4) is 0 Å². The summed E-state index contributed by atoms with van der Waals surface area (Å²) >= 11 is 17.1. The molecule has 0 spiro atoms. The van der Waals surface area contributed by atoms with Gasteiger partial charge in [-0.25, -0.2) is 0 Å². The van der Waals surface area contributed by atoms with Crippen molar-refractivity contribution >= 4 is 64.1 Å². The molecule has 1 N–H and O–H groups in total. The van der Waals surface area contributed by atoms with E-state index >= 15 is 0 Å². The van der Waals surface area contributed by atoms with E-state index in [-0.39, 0.29) is 17.3 Å². The number of halogens is 2. The maximum absolute atomic E-state index is 13.0. The number of aryl methyl sites for hydroxylation is 1. The monoisotopic (exact) mass is 486 g/mol. The number of benzene rings is 2. The molecule has 0 saturated carbocycles. The van der Waals surface area contributed by atoms with E-state index in [2.05, 4.69) is 5.32 Å². The first-order valence-electron chi connectivity index (χ1n) is 9.46. The van der Waals surface area contributed by atoms with E-state index in [0.29, 0.717) is 33.0 Å². The molecule has 32 heavy (non-hydrogen) atoms. The maximum Gasteiger partial charge on any atom is 0.270 e. The lowest BCUT2D eigenvalue weighted by Gasteiger charge is -2.28. The van der Waals surface area contributed by atoms with Gasteiger partial charge in [-0.15, -0.1) is 0 Å². The van der Waals surface area contributed by atoms with E-state index in [0.717, 1.165) is 5.56 Å². The third kappa shape index (κ3) is 4.70. The first-order chi connectivity index (χ1) is 15.3. The molecule has 1 aliphatic heterocycles. The molecule has 2 aromatic carbocycles. The third-order valence-corrected chi connectivity index (χ3v) is 5.63. The van der Waals surface area contributed by atoms with E-state index in [9.17, 15) is 9.59 Å². The van der Waals surface area contributed by atoms with Crippen LogP contribution in [0.25, 0.3) is 6.08 Å². The van der Waals surface area contributed by atoms with E-state index in [4.69, 9.17) is 44.6 Å². The molecular weight excluding hydrogens is 471 g/mol. The molecule has 4 rings (SSSR count). The maximum atomic E-state index is 13.0. The predicted octanol–water partition coefficient (Wildman–Crippen LogP) is 5.31. The molecule has 9 heteroatoms. The molecule has 1 fully saturated rings. The molecule has 162 valence electrons. The second kappa shape index (κ2) is 9.16. The largest absolute Gasteiger partial charge is 0.486 e. The number of hydrogen-bond acceptors (Lipinski definition) is 5. The zero-order valence-corrected chi connectivity index (χ0v) is 19.1. The molecule has 0 bridgehead atoms. The normalized spacial score (nSPS) is 15.3. The van der Waals surface area contributed by atoms with Crippen LogP contribution in [-0.2, 0) is 16.2 Å². The standard InChI is InChI=1S/C23H16Cl2N2O4S/c1-13-10-16(8-9-20(13)25)30-12-18-7-6-17(31-18)11-19-21(28)26-23(32)27(22(19)29)15-4-2-14(24)3-5-15/h2-11H,12H2,1H3,(H,26,28,32). The Balaban J connectivity index is 1.52. The number of ether oxygens (including phenoxy) is 1. The number of hydrogen-bond donors (Lipinski definition) is 1. The van der Waals surface area contributed by atoms with Gasteiger partial charge >= 0.3 is 0 Å². The topological polar surface area (TPSA) is 71.8 Å². The van der Waals surface area contributed by atoms with Gasteiger partial charge in [0, 0.05) is 10.0 Å². The number of nitrogens with one attached hydrogen (secondary N) is 1. The van der Waals surface area contributed by atoms with Crippen LogP contribution in [0.2, 0.25) is 10.0 Å². The predicted molar refractivity (Wildman–Crippen MR) is 127 cm³/mol. The summed E-state index contributed by atoms with van der Waals surface area (Å²) in [7, 11) is 0. The van der Waals surface area contributed by atoms with Gasteiger partial charge in [0.1, 0.15) is 29.4 Å². The minimum atomic E-state index is -0.601. The fourth-order valence-electron chi connectivity index (χ4n) is 3.04. The van der Waals surface area contributed by atoms with Gasteiger partial charge in [-0.1, -0.05) is 23.2 Å². The zero-order chi connectivity index (χ0) is 22.8. The average molecular weight is 487 g/mol. The molecule has 0 unspecified atom stereocenters. The van der Waals surface area contributed by atoms with E-state index in [1.54, 1.807) is 48.5 Å². The lowest BCUT2D eigenvalue weighted by molar-refractivity contribution is -0.122. The Hall–Kier alpha value is -3.13. The highest BCUT2D eigenvalue weighted by atomic mass is 35.5. The van der Waals surface area contributed by atoms with Gasteiger partial charge in [-0.2, -0.15) is 0 Å². The number of amides is 2. The van der Waals surface area contributed by atoms with Gasteiger partial charge in [0.05, 0.1) is 5.69 Å². The second-order valence-electron chi connectivity index (χ2n) is 6.94. The van der Waals surface area contributed by atoms with Crippen molar-refractivity contribution in [3.05, 3.63) is 87.3 Å². The summed E-state index contributed by atoms with van der Waals surface area (Å²) in [6.07, 6.45) is 1.37. The van der Waals surface area contributed by atoms with Crippen LogP contribution in [0.5, 0.6) is 5.75 Å². The molecule has 0 atom stereocenters. The Morgan fingerprint density at radius 3 is 2.56 bits per heavy atom. The Morgan fingerprint density at radius 2 is 1.84 bits per heavy atom. The highest BCUT2D eigenvalue weighted by Crippen LogP contribution is 2.25. The SMILES string of the molecule is Cc1cc(OCc2ccc(C=C3C(=O)NC(=S)N(c4ccc(Cl)cc4)C3=O)o2)ccc1Cl. The van der Waals surface area contributed by atoms with Crippen molar-refractivity contribution in [2.45, 2.75) is 13.5 Å². The molecule has 0 aliphatic carbocycles. The van der Waals surface area contributed by atoms with Crippen LogP contribution in [-0.4, -0.2) is 16.9 Å². The van der Waals surface area contributed by atoms with E-state index in [1.165, 1.54) is 11.0 Å².